The second-order valence-corrected chi connectivity index (χ2v) is 6.44. The predicted octanol–water partition coefficient (Wildman–Crippen LogP) is 5.32. The lowest BCUT2D eigenvalue weighted by atomic mass is 9.94. The van der Waals surface area contributed by atoms with E-state index >= 15 is 0 Å². The van der Waals surface area contributed by atoms with Crippen molar-refractivity contribution < 1.29 is 9.90 Å². The molecule has 0 heterocycles. The van der Waals surface area contributed by atoms with Crippen molar-refractivity contribution in [2.24, 2.45) is 0 Å². The molecule has 0 atom stereocenters. The first kappa shape index (κ1) is 17.0. The number of hydrogen-bond donors (Lipinski definition) is 1. The van der Waals surface area contributed by atoms with Crippen LogP contribution in [0.5, 0.6) is 0 Å². The Bertz CT molecular complexity index is 765. The molecule has 0 aromatic heterocycles. The van der Waals surface area contributed by atoms with Gasteiger partial charge in [-0.3, -0.25) is 4.79 Å². The molecule has 0 aliphatic rings. The van der Waals surface area contributed by atoms with Crippen molar-refractivity contribution >= 4 is 11.5 Å². The fraction of sp³-hybridized carbons (Fsp3) is 0.286. The molecule has 0 radical (unpaired) electrons. The SMILES string of the molecule is Cc1cc(C)c(C(=O)/C=C(\O)c2c(C)cc(C)cc2C)c(C)c1. The van der Waals surface area contributed by atoms with Crippen LogP contribution in [0.1, 0.15) is 49.3 Å². The molecule has 1 N–H and O–H groups in total. The van der Waals surface area contributed by atoms with Crippen LogP contribution in [0.4, 0.5) is 0 Å². The maximum atomic E-state index is 12.6. The molecule has 23 heavy (non-hydrogen) atoms. The van der Waals surface area contributed by atoms with Gasteiger partial charge in [0.25, 0.3) is 0 Å². The van der Waals surface area contributed by atoms with Crippen molar-refractivity contribution in [2.75, 3.05) is 0 Å². The van der Waals surface area contributed by atoms with E-state index in [0.29, 0.717) is 5.56 Å². The summed E-state index contributed by atoms with van der Waals surface area (Å²) in [7, 11) is 0. The number of allylic oxidation sites excluding steroid dienone is 1. The van der Waals surface area contributed by atoms with E-state index in [-0.39, 0.29) is 11.5 Å². The molecule has 0 spiro atoms. The summed E-state index contributed by atoms with van der Waals surface area (Å²) in [6.07, 6.45) is 1.34. The predicted molar refractivity (Wildman–Crippen MR) is 96.2 cm³/mol. The minimum absolute atomic E-state index is 0.0318. The van der Waals surface area contributed by atoms with Crippen molar-refractivity contribution in [1.82, 2.24) is 0 Å². The van der Waals surface area contributed by atoms with Crippen LogP contribution in [0.3, 0.4) is 0 Å². The number of aryl methyl sites for hydroxylation is 6. The molecule has 2 aromatic carbocycles. The smallest absolute Gasteiger partial charge is 0.190 e. The number of aliphatic hydroxyl groups is 1. The lowest BCUT2D eigenvalue weighted by Crippen LogP contribution is -2.04. The van der Waals surface area contributed by atoms with Gasteiger partial charge >= 0.3 is 0 Å². The summed E-state index contributed by atoms with van der Waals surface area (Å²) in [6.45, 7) is 11.8. The molecule has 0 saturated carbocycles. The van der Waals surface area contributed by atoms with Gasteiger partial charge in [-0.1, -0.05) is 35.4 Å². The highest BCUT2D eigenvalue weighted by atomic mass is 16.3. The molecule has 0 aliphatic carbocycles. The molecule has 0 aliphatic heterocycles. The monoisotopic (exact) mass is 308 g/mol. The maximum absolute atomic E-state index is 12.6. The van der Waals surface area contributed by atoms with Gasteiger partial charge in [0, 0.05) is 17.2 Å². The minimum atomic E-state index is -0.156. The van der Waals surface area contributed by atoms with Crippen molar-refractivity contribution in [3.63, 3.8) is 0 Å². The van der Waals surface area contributed by atoms with E-state index in [9.17, 15) is 9.90 Å². The molecule has 2 rings (SSSR count). The average molecular weight is 308 g/mol. The van der Waals surface area contributed by atoms with Gasteiger partial charge in [0.1, 0.15) is 5.76 Å². The average Bonchev–Trinajstić information content (AvgIpc) is 2.35. The largest absolute Gasteiger partial charge is 0.507 e. The summed E-state index contributed by atoms with van der Waals surface area (Å²) in [5.74, 6) is -0.124. The number of carbonyl (C=O) groups is 1. The molecule has 2 aromatic rings. The molecular weight excluding hydrogens is 284 g/mol. The highest BCUT2D eigenvalue weighted by Gasteiger charge is 2.14. The zero-order valence-corrected chi connectivity index (χ0v) is 14.7. The van der Waals surface area contributed by atoms with Crippen molar-refractivity contribution in [3.05, 3.63) is 74.8 Å². The van der Waals surface area contributed by atoms with E-state index in [1.54, 1.807) is 0 Å². The van der Waals surface area contributed by atoms with Crippen molar-refractivity contribution in [2.45, 2.75) is 41.5 Å². The summed E-state index contributed by atoms with van der Waals surface area (Å²) in [4.78, 5) is 12.6. The van der Waals surface area contributed by atoms with Crippen LogP contribution in [-0.2, 0) is 0 Å². The lowest BCUT2D eigenvalue weighted by molar-refractivity contribution is 0.104. The van der Waals surface area contributed by atoms with Gasteiger partial charge < -0.3 is 5.11 Å². The summed E-state index contributed by atoms with van der Waals surface area (Å²) in [5.41, 5.74) is 7.52. The maximum Gasteiger partial charge on any atom is 0.190 e. The number of carbonyl (C=O) groups excluding carboxylic acids is 1. The Kier molecular flexibility index (Phi) is 4.74. The van der Waals surface area contributed by atoms with E-state index in [2.05, 4.69) is 0 Å². The van der Waals surface area contributed by atoms with E-state index in [0.717, 1.165) is 38.9 Å². The summed E-state index contributed by atoms with van der Waals surface area (Å²) < 4.78 is 0. The highest BCUT2D eigenvalue weighted by Crippen LogP contribution is 2.24. The van der Waals surface area contributed by atoms with Crippen LogP contribution in [-0.4, -0.2) is 10.9 Å². The van der Waals surface area contributed by atoms with Crippen molar-refractivity contribution in [3.8, 4) is 0 Å². The van der Waals surface area contributed by atoms with Crippen LogP contribution in [0.25, 0.3) is 5.76 Å². The summed E-state index contributed by atoms with van der Waals surface area (Å²) >= 11 is 0. The van der Waals surface area contributed by atoms with Gasteiger partial charge in [-0.15, -0.1) is 0 Å². The highest BCUT2D eigenvalue weighted by molar-refractivity contribution is 6.09. The zero-order chi connectivity index (χ0) is 17.3. The molecule has 0 amide bonds. The summed E-state index contributed by atoms with van der Waals surface area (Å²) in [6, 6.07) is 8.01. The van der Waals surface area contributed by atoms with E-state index in [1.807, 2.05) is 65.8 Å². The van der Waals surface area contributed by atoms with Gasteiger partial charge in [0.2, 0.25) is 0 Å². The van der Waals surface area contributed by atoms with E-state index in [4.69, 9.17) is 0 Å². The van der Waals surface area contributed by atoms with Crippen LogP contribution >= 0.6 is 0 Å². The zero-order valence-electron chi connectivity index (χ0n) is 14.7. The molecule has 120 valence electrons. The van der Waals surface area contributed by atoms with Gasteiger partial charge in [-0.05, 0) is 63.8 Å². The first-order valence-electron chi connectivity index (χ1n) is 7.81. The van der Waals surface area contributed by atoms with Crippen LogP contribution in [0.2, 0.25) is 0 Å². The number of hydrogen-bond acceptors (Lipinski definition) is 2. The van der Waals surface area contributed by atoms with Crippen LogP contribution in [0.15, 0.2) is 30.3 Å². The minimum Gasteiger partial charge on any atom is -0.507 e. The normalized spacial score (nSPS) is 11.7. The third kappa shape index (κ3) is 3.53. The Labute approximate surface area is 138 Å². The molecule has 0 saturated heterocycles. The number of rotatable bonds is 3. The molecule has 2 heteroatoms. The molecule has 0 bridgehead atoms. The Hall–Kier alpha value is -2.35. The first-order valence-corrected chi connectivity index (χ1v) is 7.81. The Morgan fingerprint density at radius 1 is 0.739 bits per heavy atom. The summed E-state index contributed by atoms with van der Waals surface area (Å²) in [5, 5.41) is 10.5. The lowest BCUT2D eigenvalue weighted by Gasteiger charge is -2.12. The Morgan fingerprint density at radius 3 is 1.48 bits per heavy atom. The first-order chi connectivity index (χ1) is 10.7. The second kappa shape index (κ2) is 6.41. The van der Waals surface area contributed by atoms with Gasteiger partial charge in [0.15, 0.2) is 5.78 Å². The van der Waals surface area contributed by atoms with E-state index < -0.39 is 0 Å². The standard InChI is InChI=1S/C21H24O2/c1-12-7-14(3)20(15(4)8-12)18(22)11-19(23)21-16(5)9-13(2)10-17(21)6/h7-11,22H,1-6H3/b18-11-. The fourth-order valence-corrected chi connectivity index (χ4v) is 3.42. The van der Waals surface area contributed by atoms with Crippen LogP contribution in [0, 0.1) is 41.5 Å². The Balaban J connectivity index is 2.49. The molecular formula is C21H24O2. The third-order valence-corrected chi connectivity index (χ3v) is 4.12. The van der Waals surface area contributed by atoms with Crippen molar-refractivity contribution in [1.29, 1.82) is 0 Å². The van der Waals surface area contributed by atoms with Gasteiger partial charge in [-0.2, -0.15) is 0 Å². The second-order valence-electron chi connectivity index (χ2n) is 6.44. The van der Waals surface area contributed by atoms with Gasteiger partial charge in [0.05, 0.1) is 0 Å². The topological polar surface area (TPSA) is 37.3 Å². The quantitative estimate of drug-likeness (QED) is 0.473. The molecule has 0 unspecified atom stereocenters. The van der Waals surface area contributed by atoms with Gasteiger partial charge in [-0.25, -0.2) is 0 Å². The van der Waals surface area contributed by atoms with Crippen LogP contribution < -0.4 is 0 Å². The van der Waals surface area contributed by atoms with E-state index in [1.165, 1.54) is 6.08 Å². The number of aliphatic hydroxyl groups excluding tert-OH is 1. The number of benzene rings is 2. The fourth-order valence-electron chi connectivity index (χ4n) is 3.42. The molecule has 0 fully saturated rings. The molecule has 2 nitrogen and oxygen atoms in total. The Morgan fingerprint density at radius 2 is 1.09 bits per heavy atom. The number of ketones is 1. The third-order valence-electron chi connectivity index (χ3n) is 4.12.